The Kier molecular flexibility index (Phi) is 3.22. The third-order valence-corrected chi connectivity index (χ3v) is 4.11. The van der Waals surface area contributed by atoms with Crippen molar-refractivity contribution in [1.82, 2.24) is 20.2 Å². The third kappa shape index (κ3) is 2.13. The van der Waals surface area contributed by atoms with Crippen LogP contribution in [0, 0.1) is 0 Å². The molecule has 2 fully saturated rings. The Morgan fingerprint density at radius 3 is 2.73 bits per heavy atom. The van der Waals surface area contributed by atoms with Crippen LogP contribution in [0.15, 0.2) is 6.33 Å². The molecule has 0 bridgehead atoms. The standard InChI is InChI=1S/C13H17N5O4/c19-3-6-10(20)11(21)12(22-6)8-7-9(18-17-8)13(15-4-14-7)16-5-1-2-5/h4-6,10-12,19-21H,1-3H2,(H,17,18)(H,14,15,16)/t6-,10-,11-,12+/m1/s1. The van der Waals surface area contributed by atoms with Gasteiger partial charge >= 0.3 is 0 Å². The second kappa shape index (κ2) is 5.13. The molecule has 9 nitrogen and oxygen atoms in total. The first kappa shape index (κ1) is 13.8. The molecule has 0 spiro atoms. The van der Waals surface area contributed by atoms with Gasteiger partial charge in [-0.25, -0.2) is 9.97 Å². The lowest BCUT2D eigenvalue weighted by Crippen LogP contribution is -2.32. The van der Waals surface area contributed by atoms with Crippen LogP contribution in [0.4, 0.5) is 5.82 Å². The van der Waals surface area contributed by atoms with Crippen molar-refractivity contribution in [3.8, 4) is 0 Å². The van der Waals surface area contributed by atoms with E-state index in [-0.39, 0.29) is 6.61 Å². The summed E-state index contributed by atoms with van der Waals surface area (Å²) in [7, 11) is 0. The van der Waals surface area contributed by atoms with Gasteiger partial charge in [0.05, 0.1) is 12.3 Å². The molecule has 3 heterocycles. The van der Waals surface area contributed by atoms with Gasteiger partial charge in [0.2, 0.25) is 0 Å². The highest BCUT2D eigenvalue weighted by Crippen LogP contribution is 2.36. The average Bonchev–Trinajstić information content (AvgIpc) is 3.16. The topological polar surface area (TPSA) is 136 Å². The number of aromatic amines is 1. The van der Waals surface area contributed by atoms with Crippen LogP contribution in [0.5, 0.6) is 0 Å². The highest BCUT2D eigenvalue weighted by atomic mass is 16.6. The molecule has 9 heteroatoms. The number of nitrogens with one attached hydrogen (secondary N) is 2. The van der Waals surface area contributed by atoms with Crippen molar-refractivity contribution in [2.45, 2.75) is 43.3 Å². The number of aromatic nitrogens is 4. The molecule has 4 rings (SSSR count). The zero-order valence-electron chi connectivity index (χ0n) is 11.7. The van der Waals surface area contributed by atoms with E-state index >= 15 is 0 Å². The molecule has 5 N–H and O–H groups in total. The molecule has 1 saturated heterocycles. The predicted molar refractivity (Wildman–Crippen MR) is 75.0 cm³/mol. The molecule has 4 atom stereocenters. The normalized spacial score (nSPS) is 31.8. The highest BCUT2D eigenvalue weighted by molar-refractivity contribution is 5.87. The Balaban J connectivity index is 1.70. The summed E-state index contributed by atoms with van der Waals surface area (Å²) in [6.45, 7) is -0.371. The van der Waals surface area contributed by atoms with Gasteiger partial charge in [-0.3, -0.25) is 5.10 Å². The predicted octanol–water partition coefficient (Wildman–Crippen LogP) is -0.919. The summed E-state index contributed by atoms with van der Waals surface area (Å²) < 4.78 is 5.52. The Hall–Kier alpha value is -1.81. The molecule has 0 radical (unpaired) electrons. The van der Waals surface area contributed by atoms with Gasteiger partial charge in [0.1, 0.15) is 36.3 Å². The minimum absolute atomic E-state index is 0.371. The second-order valence-corrected chi connectivity index (χ2v) is 5.73. The summed E-state index contributed by atoms with van der Waals surface area (Å²) >= 11 is 0. The van der Waals surface area contributed by atoms with E-state index in [1.165, 1.54) is 6.33 Å². The van der Waals surface area contributed by atoms with Crippen LogP contribution in [-0.2, 0) is 4.74 Å². The fourth-order valence-electron chi connectivity index (χ4n) is 2.71. The lowest BCUT2D eigenvalue weighted by Gasteiger charge is -2.12. The first-order chi connectivity index (χ1) is 10.7. The maximum absolute atomic E-state index is 10.1. The largest absolute Gasteiger partial charge is 0.394 e. The smallest absolute Gasteiger partial charge is 0.158 e. The van der Waals surface area contributed by atoms with Crippen LogP contribution in [-0.4, -0.2) is 66.4 Å². The monoisotopic (exact) mass is 307 g/mol. The SMILES string of the molecule is OC[C@H]1O[C@@H](c2[nH]nc3c(NC4CC4)ncnc23)[C@H](O)[C@@H]1O. The van der Waals surface area contributed by atoms with Gasteiger partial charge < -0.3 is 25.4 Å². The first-order valence-corrected chi connectivity index (χ1v) is 7.27. The Morgan fingerprint density at radius 2 is 2.05 bits per heavy atom. The van der Waals surface area contributed by atoms with Crippen LogP contribution < -0.4 is 5.32 Å². The van der Waals surface area contributed by atoms with E-state index in [1.54, 1.807) is 0 Å². The molecule has 22 heavy (non-hydrogen) atoms. The zero-order valence-corrected chi connectivity index (χ0v) is 11.7. The van der Waals surface area contributed by atoms with Crippen molar-refractivity contribution in [2.75, 3.05) is 11.9 Å². The number of H-pyrrole nitrogens is 1. The number of hydrogen-bond donors (Lipinski definition) is 5. The molecule has 2 aliphatic rings. The van der Waals surface area contributed by atoms with E-state index in [1.807, 2.05) is 0 Å². The maximum Gasteiger partial charge on any atom is 0.158 e. The summed E-state index contributed by atoms with van der Waals surface area (Å²) in [5, 5.41) is 39.5. The Labute approximate surface area is 125 Å². The molecule has 0 amide bonds. The van der Waals surface area contributed by atoms with E-state index in [0.29, 0.717) is 28.6 Å². The fourth-order valence-corrected chi connectivity index (χ4v) is 2.71. The number of hydrogen-bond acceptors (Lipinski definition) is 8. The van der Waals surface area contributed by atoms with E-state index in [2.05, 4.69) is 25.5 Å². The summed E-state index contributed by atoms with van der Waals surface area (Å²) in [4.78, 5) is 8.40. The molecule has 0 unspecified atom stereocenters. The summed E-state index contributed by atoms with van der Waals surface area (Å²) in [6, 6.07) is 0.423. The van der Waals surface area contributed by atoms with Crippen LogP contribution in [0.3, 0.4) is 0 Å². The number of ether oxygens (including phenoxy) is 1. The number of anilines is 1. The lowest BCUT2D eigenvalue weighted by atomic mass is 10.1. The number of rotatable bonds is 4. The van der Waals surface area contributed by atoms with Gasteiger partial charge in [0, 0.05) is 6.04 Å². The Bertz CT molecular complexity index is 688. The Morgan fingerprint density at radius 1 is 1.23 bits per heavy atom. The van der Waals surface area contributed by atoms with Gasteiger partial charge in [-0.15, -0.1) is 0 Å². The number of nitrogens with zero attached hydrogens (tertiary/aromatic N) is 3. The fraction of sp³-hybridized carbons (Fsp3) is 0.615. The molecule has 118 valence electrons. The molecule has 2 aromatic rings. The number of fused-ring (bicyclic) bond motifs is 1. The van der Waals surface area contributed by atoms with E-state index in [0.717, 1.165) is 12.8 Å². The summed E-state index contributed by atoms with van der Waals surface area (Å²) in [6.07, 6.45) is -0.317. The third-order valence-electron chi connectivity index (χ3n) is 4.11. The lowest BCUT2D eigenvalue weighted by molar-refractivity contribution is -0.0236. The van der Waals surface area contributed by atoms with Crippen molar-refractivity contribution in [3.63, 3.8) is 0 Å². The van der Waals surface area contributed by atoms with Gasteiger partial charge in [-0.05, 0) is 12.8 Å². The summed E-state index contributed by atoms with van der Waals surface area (Å²) in [5.74, 6) is 0.641. The maximum atomic E-state index is 10.1. The van der Waals surface area contributed by atoms with Crippen LogP contribution in [0.1, 0.15) is 24.6 Å². The van der Waals surface area contributed by atoms with E-state index < -0.39 is 24.4 Å². The molecule has 1 saturated carbocycles. The molecule has 2 aromatic heterocycles. The zero-order chi connectivity index (χ0) is 15.3. The first-order valence-electron chi connectivity index (χ1n) is 7.27. The van der Waals surface area contributed by atoms with Crippen LogP contribution in [0.2, 0.25) is 0 Å². The summed E-state index contributed by atoms with van der Waals surface area (Å²) in [5.41, 5.74) is 1.58. The van der Waals surface area contributed by atoms with E-state index in [9.17, 15) is 15.3 Å². The second-order valence-electron chi connectivity index (χ2n) is 5.73. The van der Waals surface area contributed by atoms with Crippen molar-refractivity contribution in [3.05, 3.63) is 12.0 Å². The van der Waals surface area contributed by atoms with Gasteiger partial charge in [0.25, 0.3) is 0 Å². The van der Waals surface area contributed by atoms with Crippen LogP contribution in [0.25, 0.3) is 11.0 Å². The average molecular weight is 307 g/mol. The van der Waals surface area contributed by atoms with Gasteiger partial charge in [-0.1, -0.05) is 0 Å². The quantitative estimate of drug-likeness (QED) is 0.489. The van der Waals surface area contributed by atoms with Crippen molar-refractivity contribution < 1.29 is 20.1 Å². The minimum Gasteiger partial charge on any atom is -0.394 e. The van der Waals surface area contributed by atoms with Crippen LogP contribution >= 0.6 is 0 Å². The van der Waals surface area contributed by atoms with Crippen molar-refractivity contribution in [1.29, 1.82) is 0 Å². The molecular weight excluding hydrogens is 290 g/mol. The molecule has 1 aliphatic heterocycles. The van der Waals surface area contributed by atoms with E-state index in [4.69, 9.17) is 4.74 Å². The number of aliphatic hydroxyl groups is 3. The minimum atomic E-state index is -1.16. The molecule has 1 aliphatic carbocycles. The van der Waals surface area contributed by atoms with Gasteiger partial charge in [0.15, 0.2) is 11.3 Å². The van der Waals surface area contributed by atoms with Crippen molar-refractivity contribution >= 4 is 16.9 Å². The van der Waals surface area contributed by atoms with Crippen molar-refractivity contribution in [2.24, 2.45) is 0 Å². The van der Waals surface area contributed by atoms with Gasteiger partial charge in [-0.2, -0.15) is 5.10 Å². The molecular formula is C13H17N5O4. The molecule has 0 aromatic carbocycles. The highest BCUT2D eigenvalue weighted by Gasteiger charge is 2.44. The number of aliphatic hydroxyl groups excluding tert-OH is 3.